The van der Waals surface area contributed by atoms with Gasteiger partial charge in [-0.3, -0.25) is 14.5 Å². The maximum absolute atomic E-state index is 14.0. The van der Waals surface area contributed by atoms with E-state index in [0.29, 0.717) is 5.56 Å². The van der Waals surface area contributed by atoms with E-state index < -0.39 is 28.8 Å². The molecule has 2 amide bonds. The van der Waals surface area contributed by atoms with E-state index in [4.69, 9.17) is 9.47 Å². The van der Waals surface area contributed by atoms with Crippen LogP contribution in [-0.2, 0) is 11.3 Å². The minimum Gasteiger partial charge on any atom is -0.490 e. The Bertz CT molecular complexity index is 1320. The summed E-state index contributed by atoms with van der Waals surface area (Å²) in [6, 6.07) is 15.5. The summed E-state index contributed by atoms with van der Waals surface area (Å²) in [5.74, 6) is -1.80. The van der Waals surface area contributed by atoms with Crippen LogP contribution in [0.1, 0.15) is 28.4 Å². The van der Waals surface area contributed by atoms with E-state index in [2.05, 4.69) is 0 Å². The summed E-state index contributed by atoms with van der Waals surface area (Å²) in [7, 11) is 0. The van der Waals surface area contributed by atoms with E-state index in [-0.39, 0.29) is 40.7 Å². The first-order chi connectivity index (χ1) is 16.9. The molecule has 3 aromatic carbocycles. The predicted octanol–water partition coefficient (Wildman–Crippen LogP) is 5.82. The number of carbonyl (C=O) groups is 3. The van der Waals surface area contributed by atoms with Gasteiger partial charge in [0.05, 0.1) is 23.6 Å². The summed E-state index contributed by atoms with van der Waals surface area (Å²) >= 11 is 0.753. The molecular weight excluding hydrogens is 476 g/mol. The van der Waals surface area contributed by atoms with Crippen molar-refractivity contribution in [1.82, 2.24) is 4.90 Å². The molecule has 0 aliphatic carbocycles. The van der Waals surface area contributed by atoms with Crippen molar-refractivity contribution in [2.45, 2.75) is 13.5 Å². The van der Waals surface area contributed by atoms with Gasteiger partial charge in [0.25, 0.3) is 11.1 Å². The van der Waals surface area contributed by atoms with E-state index in [9.17, 15) is 23.2 Å². The van der Waals surface area contributed by atoms with Gasteiger partial charge < -0.3 is 9.47 Å². The first kappa shape index (κ1) is 24.2. The van der Waals surface area contributed by atoms with Gasteiger partial charge in [0, 0.05) is 5.56 Å². The highest BCUT2D eigenvalue weighted by Crippen LogP contribution is 2.35. The number of rotatable bonds is 7. The molecule has 0 spiro atoms. The molecule has 6 nitrogen and oxygen atoms in total. The Balaban J connectivity index is 1.54. The van der Waals surface area contributed by atoms with E-state index in [0.717, 1.165) is 28.8 Å². The predicted molar refractivity (Wildman–Crippen MR) is 127 cm³/mol. The lowest BCUT2D eigenvalue weighted by molar-refractivity contribution is -0.123. The van der Waals surface area contributed by atoms with Crippen LogP contribution in [0.15, 0.2) is 71.6 Å². The smallest absolute Gasteiger partial charge is 0.343 e. The Morgan fingerprint density at radius 1 is 1.00 bits per heavy atom. The third-order valence-electron chi connectivity index (χ3n) is 5.01. The molecule has 1 heterocycles. The van der Waals surface area contributed by atoms with Crippen LogP contribution in [0.2, 0.25) is 0 Å². The Morgan fingerprint density at radius 2 is 1.74 bits per heavy atom. The molecule has 1 aliphatic rings. The lowest BCUT2D eigenvalue weighted by atomic mass is 10.1. The average molecular weight is 496 g/mol. The molecule has 0 atom stereocenters. The topological polar surface area (TPSA) is 72.9 Å². The quantitative estimate of drug-likeness (QED) is 0.234. The van der Waals surface area contributed by atoms with E-state index in [1.54, 1.807) is 25.1 Å². The van der Waals surface area contributed by atoms with Crippen molar-refractivity contribution >= 4 is 35.0 Å². The molecule has 1 fully saturated rings. The first-order valence-electron chi connectivity index (χ1n) is 10.6. The zero-order valence-corrected chi connectivity index (χ0v) is 19.3. The largest absolute Gasteiger partial charge is 0.490 e. The molecular formula is C26H19F2NO5S. The van der Waals surface area contributed by atoms with Gasteiger partial charge in [-0.05, 0) is 72.8 Å². The number of hydrogen-bond donors (Lipinski definition) is 0. The summed E-state index contributed by atoms with van der Waals surface area (Å²) in [6.45, 7) is 1.87. The van der Waals surface area contributed by atoms with Crippen molar-refractivity contribution in [2.75, 3.05) is 6.61 Å². The normalized spacial score (nSPS) is 14.5. The van der Waals surface area contributed by atoms with E-state index in [1.165, 1.54) is 42.5 Å². The fourth-order valence-electron chi connectivity index (χ4n) is 3.30. The molecule has 178 valence electrons. The zero-order valence-electron chi connectivity index (χ0n) is 18.5. The minimum atomic E-state index is -0.687. The second kappa shape index (κ2) is 10.5. The van der Waals surface area contributed by atoms with Gasteiger partial charge in [0.15, 0.2) is 11.5 Å². The van der Waals surface area contributed by atoms with Gasteiger partial charge in [-0.25, -0.2) is 13.6 Å². The zero-order chi connectivity index (χ0) is 24.9. The maximum atomic E-state index is 14.0. The number of benzene rings is 3. The van der Waals surface area contributed by atoms with Crippen molar-refractivity contribution < 1.29 is 32.6 Å². The fourth-order valence-corrected chi connectivity index (χ4v) is 4.13. The van der Waals surface area contributed by atoms with Crippen LogP contribution in [0.5, 0.6) is 11.5 Å². The Kier molecular flexibility index (Phi) is 7.26. The molecule has 0 unspecified atom stereocenters. The molecule has 1 saturated heterocycles. The average Bonchev–Trinajstić information content (AvgIpc) is 3.10. The number of nitrogens with zero attached hydrogens (tertiary/aromatic N) is 1. The van der Waals surface area contributed by atoms with Gasteiger partial charge in [-0.2, -0.15) is 0 Å². The highest BCUT2D eigenvalue weighted by molar-refractivity contribution is 8.18. The van der Waals surface area contributed by atoms with Gasteiger partial charge in [0.2, 0.25) is 0 Å². The van der Waals surface area contributed by atoms with Crippen molar-refractivity contribution in [3.63, 3.8) is 0 Å². The highest BCUT2D eigenvalue weighted by atomic mass is 32.2. The molecule has 0 saturated carbocycles. The summed E-state index contributed by atoms with van der Waals surface area (Å²) in [5.41, 5.74) is 0.940. The monoisotopic (exact) mass is 495 g/mol. The Morgan fingerprint density at radius 3 is 2.46 bits per heavy atom. The number of amides is 2. The number of ether oxygens (including phenoxy) is 2. The Labute approximate surface area is 204 Å². The summed E-state index contributed by atoms with van der Waals surface area (Å²) in [5, 5.41) is -0.501. The van der Waals surface area contributed by atoms with Crippen molar-refractivity contribution in [2.24, 2.45) is 0 Å². The number of halogens is 2. The van der Waals surface area contributed by atoms with Crippen LogP contribution in [0.4, 0.5) is 13.6 Å². The summed E-state index contributed by atoms with van der Waals surface area (Å²) < 4.78 is 38.1. The van der Waals surface area contributed by atoms with Crippen LogP contribution in [0.25, 0.3) is 6.08 Å². The molecule has 1 aliphatic heterocycles. The lowest BCUT2D eigenvalue weighted by Crippen LogP contribution is -2.27. The molecule has 0 radical (unpaired) electrons. The number of imide groups is 1. The number of hydrogen-bond acceptors (Lipinski definition) is 6. The highest BCUT2D eigenvalue weighted by Gasteiger charge is 2.35. The molecule has 0 N–H and O–H groups in total. The van der Waals surface area contributed by atoms with Gasteiger partial charge >= 0.3 is 5.97 Å². The Hall–Kier alpha value is -3.98. The number of esters is 1. The van der Waals surface area contributed by atoms with E-state index in [1.807, 2.05) is 0 Å². The van der Waals surface area contributed by atoms with Gasteiger partial charge in [-0.15, -0.1) is 0 Å². The molecule has 3 aromatic rings. The summed E-state index contributed by atoms with van der Waals surface area (Å²) in [6.07, 6.45) is 1.51. The minimum absolute atomic E-state index is 0.144. The van der Waals surface area contributed by atoms with Crippen LogP contribution < -0.4 is 9.47 Å². The standard InChI is InChI=1S/C26H19F2NO5S/c1-2-33-22-13-16(7-12-21(22)34-25(31)17-8-10-19(27)11-9-17)14-23-24(30)29(26(32)35-23)15-18-5-3-4-6-20(18)28/h3-14H,2,15H2,1H3/b23-14-. The van der Waals surface area contributed by atoms with Crippen LogP contribution in [-0.4, -0.2) is 28.6 Å². The van der Waals surface area contributed by atoms with Crippen molar-refractivity contribution in [3.8, 4) is 11.5 Å². The third kappa shape index (κ3) is 5.58. The maximum Gasteiger partial charge on any atom is 0.343 e. The van der Waals surface area contributed by atoms with Crippen LogP contribution in [0, 0.1) is 11.6 Å². The second-order valence-electron chi connectivity index (χ2n) is 7.39. The molecule has 9 heteroatoms. The lowest BCUT2D eigenvalue weighted by Gasteiger charge is -2.13. The van der Waals surface area contributed by atoms with Crippen LogP contribution >= 0.6 is 11.8 Å². The van der Waals surface area contributed by atoms with Gasteiger partial charge in [0.1, 0.15) is 11.6 Å². The SMILES string of the molecule is CCOc1cc(/C=C2\SC(=O)N(Cc3ccccc3F)C2=O)ccc1OC(=O)c1ccc(F)cc1. The number of carbonyl (C=O) groups excluding carboxylic acids is 3. The summed E-state index contributed by atoms with van der Waals surface area (Å²) in [4.78, 5) is 38.8. The third-order valence-corrected chi connectivity index (χ3v) is 5.92. The first-order valence-corrected chi connectivity index (χ1v) is 11.4. The molecule has 35 heavy (non-hydrogen) atoms. The molecule has 0 aromatic heterocycles. The number of thioether (sulfide) groups is 1. The van der Waals surface area contributed by atoms with Crippen molar-refractivity contribution in [3.05, 3.63) is 100.0 Å². The van der Waals surface area contributed by atoms with Gasteiger partial charge in [-0.1, -0.05) is 24.3 Å². The van der Waals surface area contributed by atoms with Crippen LogP contribution in [0.3, 0.4) is 0 Å². The molecule has 0 bridgehead atoms. The fraction of sp³-hybridized carbons (Fsp3) is 0.115. The van der Waals surface area contributed by atoms with Crippen molar-refractivity contribution in [1.29, 1.82) is 0 Å². The van der Waals surface area contributed by atoms with E-state index >= 15 is 0 Å². The second-order valence-corrected chi connectivity index (χ2v) is 8.39. The molecule has 4 rings (SSSR count).